The van der Waals surface area contributed by atoms with Gasteiger partial charge in [-0.15, -0.1) is 0 Å². The smallest absolute Gasteiger partial charge is 0.335 e. The third kappa shape index (κ3) is 4.89. The monoisotopic (exact) mass is 524 g/mol. The van der Waals surface area contributed by atoms with Gasteiger partial charge in [-0.05, 0) is 47.9 Å². The summed E-state index contributed by atoms with van der Waals surface area (Å²) in [5, 5.41) is 15.7. The minimum absolute atomic E-state index is 0.0865. The van der Waals surface area contributed by atoms with Crippen molar-refractivity contribution in [3.63, 3.8) is 0 Å². The molecule has 6 rings (SSSR count). The number of fused-ring (bicyclic) bond motifs is 2. The van der Waals surface area contributed by atoms with Gasteiger partial charge >= 0.3 is 5.97 Å². The van der Waals surface area contributed by atoms with Crippen LogP contribution in [-0.2, 0) is 20.7 Å². The average molecular weight is 525 g/mol. The van der Waals surface area contributed by atoms with Crippen molar-refractivity contribution in [2.75, 3.05) is 54.9 Å². The first kappa shape index (κ1) is 24.8. The quantitative estimate of drug-likeness (QED) is 0.423. The van der Waals surface area contributed by atoms with Crippen molar-refractivity contribution in [2.24, 2.45) is 0 Å². The van der Waals surface area contributed by atoms with Gasteiger partial charge in [-0.3, -0.25) is 14.5 Å². The van der Waals surface area contributed by atoms with Gasteiger partial charge in [-0.25, -0.2) is 4.79 Å². The molecule has 1 fully saturated rings. The number of carboxylic acids is 1. The van der Waals surface area contributed by atoms with Gasteiger partial charge in [0.25, 0.3) is 5.91 Å². The molecule has 3 aromatic rings. The van der Waals surface area contributed by atoms with Crippen molar-refractivity contribution in [2.45, 2.75) is 6.42 Å². The third-order valence-electron chi connectivity index (χ3n) is 7.33. The molecule has 0 bridgehead atoms. The predicted molar refractivity (Wildman–Crippen MR) is 149 cm³/mol. The van der Waals surface area contributed by atoms with Crippen molar-refractivity contribution < 1.29 is 24.2 Å². The summed E-state index contributed by atoms with van der Waals surface area (Å²) in [5.41, 5.74) is 5.87. The van der Waals surface area contributed by atoms with E-state index in [1.165, 1.54) is 12.1 Å². The van der Waals surface area contributed by atoms with Gasteiger partial charge in [0.05, 0.1) is 42.3 Å². The lowest BCUT2D eigenvalue weighted by molar-refractivity contribution is -0.120. The summed E-state index contributed by atoms with van der Waals surface area (Å²) in [6, 6.07) is 20.1. The second-order valence-electron chi connectivity index (χ2n) is 9.79. The Morgan fingerprint density at radius 3 is 2.51 bits per heavy atom. The maximum Gasteiger partial charge on any atom is 0.335 e. The standard InChI is InChI=1S/C30H28N4O5/c35-26(18-33-12-14-39-15-13-33)34-11-10-20-16-22(7-9-25(20)34)31-28(19-4-2-1-3-5-19)27-23-8-6-21(30(37)38)17-24(23)32-29(27)36/h1-9,16-17,31H,10-15,18H2,(H,32,36)(H,37,38). The fourth-order valence-electron chi connectivity index (χ4n) is 5.36. The van der Waals surface area contributed by atoms with Gasteiger partial charge in [0.15, 0.2) is 0 Å². The molecule has 0 radical (unpaired) electrons. The zero-order chi connectivity index (χ0) is 26.9. The molecule has 3 N–H and O–H groups in total. The number of carbonyl (C=O) groups is 3. The number of nitrogens with zero attached hydrogens (tertiary/aromatic N) is 2. The molecule has 0 saturated carbocycles. The van der Waals surface area contributed by atoms with Crippen LogP contribution < -0.4 is 15.5 Å². The maximum absolute atomic E-state index is 13.2. The first-order chi connectivity index (χ1) is 19.0. The molecule has 0 spiro atoms. The Morgan fingerprint density at radius 2 is 1.74 bits per heavy atom. The molecule has 39 heavy (non-hydrogen) atoms. The molecule has 3 aliphatic rings. The van der Waals surface area contributed by atoms with Crippen LogP contribution in [0.3, 0.4) is 0 Å². The summed E-state index contributed by atoms with van der Waals surface area (Å²) < 4.78 is 5.39. The van der Waals surface area contributed by atoms with Crippen LogP contribution in [0.5, 0.6) is 0 Å². The largest absolute Gasteiger partial charge is 0.478 e. The number of benzene rings is 3. The van der Waals surface area contributed by atoms with E-state index >= 15 is 0 Å². The highest BCUT2D eigenvalue weighted by molar-refractivity contribution is 6.37. The van der Waals surface area contributed by atoms with Crippen LogP contribution in [0.25, 0.3) is 11.3 Å². The van der Waals surface area contributed by atoms with E-state index in [-0.39, 0.29) is 17.4 Å². The summed E-state index contributed by atoms with van der Waals surface area (Å²) in [7, 11) is 0. The van der Waals surface area contributed by atoms with Crippen molar-refractivity contribution in [1.29, 1.82) is 0 Å². The number of carboxylic acid groups (broad SMARTS) is 1. The first-order valence-electron chi connectivity index (χ1n) is 13.0. The lowest BCUT2D eigenvalue weighted by Gasteiger charge is -2.28. The van der Waals surface area contributed by atoms with E-state index in [0.29, 0.717) is 48.8 Å². The average Bonchev–Trinajstić information content (AvgIpc) is 3.52. The normalized spacial score (nSPS) is 17.8. The van der Waals surface area contributed by atoms with E-state index in [0.717, 1.165) is 42.0 Å². The van der Waals surface area contributed by atoms with Crippen LogP contribution in [0.15, 0.2) is 66.7 Å². The fraction of sp³-hybridized carbons (Fsp3) is 0.233. The third-order valence-corrected chi connectivity index (χ3v) is 7.33. The summed E-state index contributed by atoms with van der Waals surface area (Å²) in [6.07, 6.45) is 0.748. The Balaban J connectivity index is 1.31. The second kappa shape index (κ2) is 10.4. The van der Waals surface area contributed by atoms with E-state index in [2.05, 4.69) is 15.5 Å². The summed E-state index contributed by atoms with van der Waals surface area (Å²) in [4.78, 5) is 41.7. The maximum atomic E-state index is 13.2. The second-order valence-corrected chi connectivity index (χ2v) is 9.79. The van der Waals surface area contributed by atoms with Gasteiger partial charge in [-0.2, -0.15) is 0 Å². The molecule has 3 aromatic carbocycles. The minimum atomic E-state index is -1.05. The fourth-order valence-corrected chi connectivity index (χ4v) is 5.36. The number of carbonyl (C=O) groups excluding carboxylic acids is 2. The number of anilines is 3. The molecule has 3 heterocycles. The summed E-state index contributed by atoms with van der Waals surface area (Å²) in [5.74, 6) is -1.27. The Kier molecular flexibility index (Phi) is 6.60. The van der Waals surface area contributed by atoms with Crippen LogP contribution in [0, 0.1) is 0 Å². The lowest BCUT2D eigenvalue weighted by Crippen LogP contribution is -2.44. The first-order valence-corrected chi connectivity index (χ1v) is 13.0. The number of aromatic carboxylic acids is 1. The molecule has 3 aliphatic heterocycles. The Labute approximate surface area is 225 Å². The van der Waals surface area contributed by atoms with E-state index in [4.69, 9.17) is 4.74 Å². The van der Waals surface area contributed by atoms with Crippen molar-refractivity contribution in [1.82, 2.24) is 4.90 Å². The molecule has 0 unspecified atom stereocenters. The predicted octanol–water partition coefficient (Wildman–Crippen LogP) is 3.54. The zero-order valence-electron chi connectivity index (χ0n) is 21.3. The van der Waals surface area contributed by atoms with Crippen molar-refractivity contribution in [3.05, 3.63) is 89.0 Å². The molecule has 9 heteroatoms. The van der Waals surface area contributed by atoms with Gasteiger partial charge in [0.1, 0.15) is 0 Å². The topological polar surface area (TPSA) is 111 Å². The zero-order valence-corrected chi connectivity index (χ0v) is 21.3. The van der Waals surface area contributed by atoms with E-state index in [1.807, 2.05) is 53.4 Å². The number of ether oxygens (including phenoxy) is 1. The van der Waals surface area contributed by atoms with E-state index < -0.39 is 5.97 Å². The van der Waals surface area contributed by atoms with E-state index in [1.54, 1.807) is 6.07 Å². The van der Waals surface area contributed by atoms with Crippen LogP contribution in [0.1, 0.15) is 27.0 Å². The number of hydrogen-bond donors (Lipinski definition) is 3. The van der Waals surface area contributed by atoms with Gasteiger partial charge < -0.3 is 25.4 Å². The van der Waals surface area contributed by atoms with Gasteiger partial charge in [0.2, 0.25) is 5.91 Å². The SMILES string of the molecule is O=C1Nc2cc(C(=O)O)ccc2C1=C(Nc1ccc2c(c1)CCN2C(=O)CN1CCOCC1)c1ccccc1. The van der Waals surface area contributed by atoms with Crippen LogP contribution in [0.4, 0.5) is 17.1 Å². The molecule has 2 amide bonds. The summed E-state index contributed by atoms with van der Waals surface area (Å²) in [6.45, 7) is 3.85. The molecule has 0 aliphatic carbocycles. The molecule has 9 nitrogen and oxygen atoms in total. The van der Waals surface area contributed by atoms with Gasteiger partial charge in [0, 0.05) is 36.6 Å². The Hall–Kier alpha value is -4.47. The number of morpholine rings is 1. The number of rotatable bonds is 6. The number of nitrogens with one attached hydrogen (secondary N) is 2. The highest BCUT2D eigenvalue weighted by Crippen LogP contribution is 2.39. The van der Waals surface area contributed by atoms with Crippen LogP contribution in [-0.4, -0.2) is 67.2 Å². The minimum Gasteiger partial charge on any atom is -0.478 e. The van der Waals surface area contributed by atoms with Crippen LogP contribution >= 0.6 is 0 Å². The highest BCUT2D eigenvalue weighted by atomic mass is 16.5. The van der Waals surface area contributed by atoms with Crippen molar-refractivity contribution >= 4 is 46.1 Å². The molecule has 0 atom stereocenters. The molecular weight excluding hydrogens is 496 g/mol. The number of hydrogen-bond acceptors (Lipinski definition) is 6. The van der Waals surface area contributed by atoms with E-state index in [9.17, 15) is 19.5 Å². The van der Waals surface area contributed by atoms with Crippen molar-refractivity contribution in [3.8, 4) is 0 Å². The summed E-state index contributed by atoms with van der Waals surface area (Å²) >= 11 is 0. The molecule has 1 saturated heterocycles. The molecular formula is C30H28N4O5. The number of amides is 2. The highest BCUT2D eigenvalue weighted by Gasteiger charge is 2.30. The van der Waals surface area contributed by atoms with Crippen LogP contribution in [0.2, 0.25) is 0 Å². The van der Waals surface area contributed by atoms with Gasteiger partial charge in [-0.1, -0.05) is 36.4 Å². The molecule has 198 valence electrons. The Bertz CT molecular complexity index is 1490. The lowest BCUT2D eigenvalue weighted by atomic mass is 9.99. The molecule has 0 aromatic heterocycles. The Morgan fingerprint density at radius 1 is 0.949 bits per heavy atom.